The summed E-state index contributed by atoms with van der Waals surface area (Å²) in [6, 6.07) is 14.5. The van der Waals surface area contributed by atoms with Crippen LogP contribution in [0.25, 0.3) is 22.4 Å². The van der Waals surface area contributed by atoms with Gasteiger partial charge in [0, 0.05) is 5.56 Å². The average Bonchev–Trinajstić information content (AvgIpc) is 3.03. The van der Waals surface area contributed by atoms with Crippen LogP contribution in [0.1, 0.15) is 31.0 Å². The van der Waals surface area contributed by atoms with Crippen LogP contribution in [0.5, 0.6) is 0 Å². The third kappa shape index (κ3) is 2.97. The lowest BCUT2D eigenvalue weighted by atomic mass is 9.93. The summed E-state index contributed by atoms with van der Waals surface area (Å²) in [4.78, 5) is 0. The molecule has 0 atom stereocenters. The van der Waals surface area contributed by atoms with Gasteiger partial charge in [-0.1, -0.05) is 37.3 Å². The molecular weight excluding hydrogens is 291 g/mol. The minimum atomic E-state index is -0.266. The van der Waals surface area contributed by atoms with Crippen LogP contribution in [-0.2, 0) is 0 Å². The van der Waals surface area contributed by atoms with Crippen LogP contribution in [0.3, 0.4) is 0 Å². The average molecular weight is 306 g/mol. The van der Waals surface area contributed by atoms with Crippen LogP contribution in [0.15, 0.2) is 42.5 Å². The van der Waals surface area contributed by atoms with Crippen molar-refractivity contribution in [3.05, 3.63) is 59.5 Å². The van der Waals surface area contributed by atoms with E-state index in [1.807, 2.05) is 12.1 Å². The molecule has 0 radical (unpaired) electrons. The third-order valence-corrected chi connectivity index (χ3v) is 3.73. The predicted octanol–water partition coefficient (Wildman–Crippen LogP) is 4.27. The van der Waals surface area contributed by atoms with E-state index in [4.69, 9.17) is 5.26 Å². The van der Waals surface area contributed by atoms with Crippen LogP contribution in [-0.4, -0.2) is 15.4 Å². The highest BCUT2D eigenvalue weighted by molar-refractivity contribution is 5.74. The van der Waals surface area contributed by atoms with Crippen LogP contribution < -0.4 is 0 Å². The number of aromatic amines is 1. The van der Waals surface area contributed by atoms with Crippen molar-refractivity contribution in [3.63, 3.8) is 0 Å². The van der Waals surface area contributed by atoms with E-state index in [0.717, 1.165) is 22.3 Å². The van der Waals surface area contributed by atoms with Crippen molar-refractivity contribution in [3.8, 4) is 28.5 Å². The zero-order valence-corrected chi connectivity index (χ0v) is 12.8. The maximum atomic E-state index is 13.2. The summed E-state index contributed by atoms with van der Waals surface area (Å²) in [5.41, 5.74) is 4.67. The number of aromatic nitrogens is 3. The number of H-pyrrole nitrogens is 1. The Morgan fingerprint density at radius 3 is 2.39 bits per heavy atom. The second-order valence-corrected chi connectivity index (χ2v) is 5.65. The molecule has 3 aromatic rings. The summed E-state index contributed by atoms with van der Waals surface area (Å²) in [7, 11) is 0. The number of halogens is 1. The molecule has 23 heavy (non-hydrogen) atoms. The van der Waals surface area contributed by atoms with Gasteiger partial charge in [0.15, 0.2) is 5.69 Å². The molecule has 1 heterocycles. The normalized spacial score (nSPS) is 10.7. The smallest absolute Gasteiger partial charge is 0.163 e. The van der Waals surface area contributed by atoms with Crippen LogP contribution in [0.4, 0.5) is 4.39 Å². The first-order valence-electron chi connectivity index (χ1n) is 7.31. The van der Waals surface area contributed by atoms with Crippen LogP contribution in [0, 0.1) is 17.1 Å². The molecule has 0 amide bonds. The Morgan fingerprint density at radius 1 is 1.04 bits per heavy atom. The molecule has 0 saturated carbocycles. The van der Waals surface area contributed by atoms with E-state index in [9.17, 15) is 4.39 Å². The van der Waals surface area contributed by atoms with Gasteiger partial charge >= 0.3 is 0 Å². The summed E-state index contributed by atoms with van der Waals surface area (Å²) in [6.45, 7) is 4.20. The van der Waals surface area contributed by atoms with Gasteiger partial charge in [-0.2, -0.15) is 5.26 Å². The molecule has 0 bridgehead atoms. The molecule has 1 aromatic heterocycles. The van der Waals surface area contributed by atoms with Gasteiger partial charge in [-0.15, -0.1) is 5.10 Å². The molecular formula is C18H15FN4. The molecule has 0 aliphatic carbocycles. The van der Waals surface area contributed by atoms with Crippen molar-refractivity contribution in [2.24, 2.45) is 0 Å². The first-order valence-corrected chi connectivity index (χ1v) is 7.31. The number of hydrogen-bond donors (Lipinski definition) is 1. The maximum absolute atomic E-state index is 13.2. The summed E-state index contributed by atoms with van der Waals surface area (Å²) >= 11 is 0. The molecule has 5 heteroatoms. The lowest BCUT2D eigenvalue weighted by Gasteiger charge is -2.11. The van der Waals surface area contributed by atoms with E-state index < -0.39 is 0 Å². The topological polar surface area (TPSA) is 65.4 Å². The largest absolute Gasteiger partial charge is 0.247 e. The quantitative estimate of drug-likeness (QED) is 0.785. The second-order valence-electron chi connectivity index (χ2n) is 5.65. The summed E-state index contributed by atoms with van der Waals surface area (Å²) in [5.74, 6) is 0.0452. The van der Waals surface area contributed by atoms with Gasteiger partial charge in [0.2, 0.25) is 0 Å². The third-order valence-electron chi connectivity index (χ3n) is 3.73. The Bertz CT molecular complexity index is 873. The molecule has 0 saturated heterocycles. The maximum Gasteiger partial charge on any atom is 0.163 e. The van der Waals surface area contributed by atoms with Gasteiger partial charge in [-0.25, -0.2) is 9.49 Å². The number of nitriles is 1. The van der Waals surface area contributed by atoms with Crippen LogP contribution in [0.2, 0.25) is 0 Å². The summed E-state index contributed by atoms with van der Waals surface area (Å²) in [5, 5.41) is 19.5. The van der Waals surface area contributed by atoms with Gasteiger partial charge in [-0.3, -0.25) is 0 Å². The van der Waals surface area contributed by atoms with Gasteiger partial charge in [-0.05, 0) is 46.9 Å². The number of nitrogens with zero attached hydrogens (tertiary/aromatic N) is 3. The van der Waals surface area contributed by atoms with Crippen molar-refractivity contribution >= 4 is 0 Å². The van der Waals surface area contributed by atoms with E-state index in [2.05, 4.69) is 41.4 Å². The van der Waals surface area contributed by atoms with Crippen molar-refractivity contribution in [1.82, 2.24) is 15.4 Å². The highest BCUT2D eigenvalue weighted by atomic mass is 19.1. The zero-order valence-electron chi connectivity index (χ0n) is 12.8. The molecule has 114 valence electrons. The minimum absolute atomic E-state index is 0.266. The van der Waals surface area contributed by atoms with E-state index in [0.29, 0.717) is 17.3 Å². The SMILES string of the molecule is CC(C)c1cc(-c2ccc(F)cc2)cc(-c2nn[nH]c2C#N)c1. The predicted molar refractivity (Wildman–Crippen MR) is 86.0 cm³/mol. The van der Waals surface area contributed by atoms with E-state index in [-0.39, 0.29) is 5.82 Å². The molecule has 0 aliphatic rings. The minimum Gasteiger partial charge on any atom is -0.247 e. The fourth-order valence-electron chi connectivity index (χ4n) is 2.44. The first-order chi connectivity index (χ1) is 11.1. The van der Waals surface area contributed by atoms with Gasteiger partial charge in [0.05, 0.1) is 0 Å². The standard InChI is InChI=1S/C18H15FN4/c1-11(2)13-7-14(12-3-5-16(19)6-4-12)9-15(8-13)18-17(10-20)21-23-22-18/h3-9,11H,1-2H3,(H,21,22,23). The first kappa shape index (κ1) is 14.9. The molecule has 3 rings (SSSR count). The Hall–Kier alpha value is -3.00. The lowest BCUT2D eigenvalue weighted by Crippen LogP contribution is -1.92. The fourth-order valence-corrected chi connectivity index (χ4v) is 2.44. The van der Waals surface area contributed by atoms with E-state index in [1.54, 1.807) is 12.1 Å². The van der Waals surface area contributed by atoms with Crippen molar-refractivity contribution < 1.29 is 4.39 Å². The molecule has 1 N–H and O–H groups in total. The van der Waals surface area contributed by atoms with E-state index >= 15 is 0 Å². The van der Waals surface area contributed by atoms with Gasteiger partial charge < -0.3 is 0 Å². The molecule has 0 fully saturated rings. The summed E-state index contributed by atoms with van der Waals surface area (Å²) < 4.78 is 13.2. The number of benzene rings is 2. The van der Waals surface area contributed by atoms with Gasteiger partial charge in [0.25, 0.3) is 0 Å². The summed E-state index contributed by atoms with van der Waals surface area (Å²) in [6.07, 6.45) is 0. The fraction of sp³-hybridized carbons (Fsp3) is 0.167. The Balaban J connectivity index is 2.18. The molecule has 0 unspecified atom stereocenters. The highest BCUT2D eigenvalue weighted by Crippen LogP contribution is 2.31. The Labute approximate surface area is 133 Å². The molecule has 2 aromatic carbocycles. The van der Waals surface area contributed by atoms with Crippen molar-refractivity contribution in [1.29, 1.82) is 5.26 Å². The zero-order chi connectivity index (χ0) is 16.4. The van der Waals surface area contributed by atoms with E-state index in [1.165, 1.54) is 12.1 Å². The Kier molecular flexibility index (Phi) is 3.90. The molecule has 4 nitrogen and oxygen atoms in total. The van der Waals surface area contributed by atoms with Crippen molar-refractivity contribution in [2.45, 2.75) is 19.8 Å². The molecule has 0 spiro atoms. The lowest BCUT2D eigenvalue weighted by molar-refractivity contribution is 0.628. The number of nitrogens with one attached hydrogen (secondary N) is 1. The Morgan fingerprint density at radius 2 is 1.74 bits per heavy atom. The number of hydrogen-bond acceptors (Lipinski definition) is 3. The highest BCUT2D eigenvalue weighted by Gasteiger charge is 2.13. The molecule has 0 aliphatic heterocycles. The van der Waals surface area contributed by atoms with Crippen molar-refractivity contribution in [2.75, 3.05) is 0 Å². The van der Waals surface area contributed by atoms with Crippen LogP contribution >= 0.6 is 0 Å². The number of rotatable bonds is 3. The second kappa shape index (κ2) is 6.01. The monoisotopic (exact) mass is 306 g/mol. The van der Waals surface area contributed by atoms with Gasteiger partial charge in [0.1, 0.15) is 17.6 Å².